The SMILES string of the molecule is CC(C)(CF)NC(=O)c1ccc(C#N)o1. The number of rotatable bonds is 3. The van der Waals surface area contributed by atoms with Crippen LogP contribution in [0.5, 0.6) is 0 Å². The minimum atomic E-state index is -0.934. The van der Waals surface area contributed by atoms with E-state index in [1.165, 1.54) is 12.1 Å². The van der Waals surface area contributed by atoms with Crippen LogP contribution >= 0.6 is 0 Å². The number of hydrogen-bond donors (Lipinski definition) is 1. The van der Waals surface area contributed by atoms with Crippen LogP contribution in [0, 0.1) is 11.3 Å². The average molecular weight is 210 g/mol. The molecule has 0 radical (unpaired) electrons. The highest BCUT2D eigenvalue weighted by Gasteiger charge is 2.22. The summed E-state index contributed by atoms with van der Waals surface area (Å²) in [6.45, 7) is 2.43. The van der Waals surface area contributed by atoms with Gasteiger partial charge in [0.05, 0.1) is 5.54 Å². The monoisotopic (exact) mass is 210 g/mol. The van der Waals surface area contributed by atoms with Crippen LogP contribution in [0.1, 0.15) is 30.2 Å². The third kappa shape index (κ3) is 2.81. The van der Waals surface area contributed by atoms with Crippen molar-refractivity contribution in [2.75, 3.05) is 6.67 Å². The number of hydrogen-bond acceptors (Lipinski definition) is 3. The van der Waals surface area contributed by atoms with Gasteiger partial charge < -0.3 is 9.73 Å². The van der Waals surface area contributed by atoms with Crippen molar-refractivity contribution in [1.29, 1.82) is 5.26 Å². The zero-order valence-corrected chi connectivity index (χ0v) is 8.50. The first kappa shape index (κ1) is 11.2. The average Bonchev–Trinajstić information content (AvgIpc) is 2.65. The fourth-order valence-corrected chi connectivity index (χ4v) is 0.922. The predicted octanol–water partition coefficient (Wildman–Crippen LogP) is 1.63. The summed E-state index contributed by atoms with van der Waals surface area (Å²) in [5, 5.41) is 10.9. The van der Waals surface area contributed by atoms with Gasteiger partial charge in [0.25, 0.3) is 5.91 Å². The summed E-state index contributed by atoms with van der Waals surface area (Å²) in [5.74, 6) is -0.467. The van der Waals surface area contributed by atoms with Crippen LogP contribution in [0.4, 0.5) is 4.39 Å². The molecule has 15 heavy (non-hydrogen) atoms. The van der Waals surface area contributed by atoms with Crippen LogP contribution in [0.15, 0.2) is 16.5 Å². The van der Waals surface area contributed by atoms with E-state index in [9.17, 15) is 9.18 Å². The minimum absolute atomic E-state index is 0.00748. The molecule has 0 atom stereocenters. The third-order valence-electron chi connectivity index (χ3n) is 1.73. The fraction of sp³-hybridized carbons (Fsp3) is 0.400. The molecule has 0 aliphatic heterocycles. The zero-order valence-electron chi connectivity index (χ0n) is 8.50. The molecule has 0 fully saturated rings. The second-order valence-electron chi connectivity index (χ2n) is 3.75. The number of alkyl halides is 1. The Balaban J connectivity index is 2.74. The highest BCUT2D eigenvalue weighted by atomic mass is 19.1. The molecular weight excluding hydrogens is 199 g/mol. The van der Waals surface area contributed by atoms with Gasteiger partial charge in [-0.1, -0.05) is 0 Å². The Morgan fingerprint density at radius 1 is 1.67 bits per heavy atom. The normalized spacial score (nSPS) is 10.8. The van der Waals surface area contributed by atoms with E-state index < -0.39 is 18.1 Å². The zero-order chi connectivity index (χ0) is 11.5. The number of carbonyl (C=O) groups excluding carboxylic acids is 1. The molecule has 1 heterocycles. The Morgan fingerprint density at radius 2 is 2.33 bits per heavy atom. The van der Waals surface area contributed by atoms with Gasteiger partial charge in [-0.25, -0.2) is 4.39 Å². The number of furan rings is 1. The molecular formula is C10H11FN2O2. The van der Waals surface area contributed by atoms with Crippen LogP contribution < -0.4 is 5.32 Å². The maximum atomic E-state index is 12.4. The van der Waals surface area contributed by atoms with E-state index in [1.54, 1.807) is 19.9 Å². The maximum Gasteiger partial charge on any atom is 0.287 e. The lowest BCUT2D eigenvalue weighted by Gasteiger charge is -2.21. The molecule has 0 unspecified atom stereocenters. The van der Waals surface area contributed by atoms with Gasteiger partial charge in [-0.2, -0.15) is 5.26 Å². The van der Waals surface area contributed by atoms with Crippen molar-refractivity contribution in [3.8, 4) is 6.07 Å². The Morgan fingerprint density at radius 3 is 2.80 bits per heavy atom. The van der Waals surface area contributed by atoms with Crippen LogP contribution in [0.2, 0.25) is 0 Å². The smallest absolute Gasteiger partial charge is 0.287 e. The summed E-state index contributed by atoms with van der Waals surface area (Å²) >= 11 is 0. The van der Waals surface area contributed by atoms with Crippen LogP contribution in [0.3, 0.4) is 0 Å². The van der Waals surface area contributed by atoms with Gasteiger partial charge in [0.1, 0.15) is 12.7 Å². The van der Waals surface area contributed by atoms with E-state index in [1.807, 2.05) is 0 Å². The first-order valence-electron chi connectivity index (χ1n) is 4.37. The molecule has 0 bridgehead atoms. The van der Waals surface area contributed by atoms with Gasteiger partial charge in [0.2, 0.25) is 5.76 Å². The summed E-state index contributed by atoms with van der Waals surface area (Å²) in [5.41, 5.74) is -0.934. The van der Waals surface area contributed by atoms with E-state index in [0.29, 0.717) is 0 Å². The lowest BCUT2D eigenvalue weighted by atomic mass is 10.1. The highest BCUT2D eigenvalue weighted by molar-refractivity contribution is 5.92. The summed E-state index contributed by atoms with van der Waals surface area (Å²) in [4.78, 5) is 11.5. The first-order chi connectivity index (χ1) is 6.98. The molecule has 80 valence electrons. The third-order valence-corrected chi connectivity index (χ3v) is 1.73. The Kier molecular flexibility index (Phi) is 3.10. The van der Waals surface area contributed by atoms with Crippen LogP contribution in [-0.2, 0) is 0 Å². The van der Waals surface area contributed by atoms with Gasteiger partial charge in [-0.05, 0) is 26.0 Å². The number of carbonyl (C=O) groups is 1. The van der Waals surface area contributed by atoms with Crippen molar-refractivity contribution in [3.63, 3.8) is 0 Å². The van der Waals surface area contributed by atoms with E-state index in [0.717, 1.165) is 0 Å². The highest BCUT2D eigenvalue weighted by Crippen LogP contribution is 2.09. The molecule has 0 aliphatic carbocycles. The van der Waals surface area contributed by atoms with Gasteiger partial charge in [0.15, 0.2) is 5.76 Å². The van der Waals surface area contributed by atoms with Gasteiger partial charge in [-0.3, -0.25) is 4.79 Å². The fourth-order valence-electron chi connectivity index (χ4n) is 0.922. The molecule has 1 amide bonds. The van der Waals surface area contributed by atoms with Crippen molar-refractivity contribution in [1.82, 2.24) is 5.32 Å². The predicted molar refractivity (Wildman–Crippen MR) is 50.9 cm³/mol. The van der Waals surface area contributed by atoms with Gasteiger partial charge >= 0.3 is 0 Å². The number of nitrogens with one attached hydrogen (secondary N) is 1. The summed E-state index contributed by atoms with van der Waals surface area (Å²) < 4.78 is 17.3. The second kappa shape index (κ2) is 4.13. The van der Waals surface area contributed by atoms with Gasteiger partial charge in [0, 0.05) is 0 Å². The molecule has 1 N–H and O–H groups in total. The number of nitrogens with zero attached hydrogens (tertiary/aromatic N) is 1. The Labute approximate surface area is 86.7 Å². The number of halogens is 1. The molecule has 5 heteroatoms. The lowest BCUT2D eigenvalue weighted by Crippen LogP contribution is -2.45. The summed E-state index contributed by atoms with van der Waals surface area (Å²) in [6, 6.07) is 4.52. The molecule has 1 rings (SSSR count). The molecule has 0 aromatic carbocycles. The topological polar surface area (TPSA) is 66.0 Å². The van der Waals surface area contributed by atoms with E-state index >= 15 is 0 Å². The molecule has 0 saturated carbocycles. The Bertz CT molecular complexity index is 404. The Hall–Kier alpha value is -1.83. The standard InChI is InChI=1S/C10H11FN2O2/c1-10(2,6-11)13-9(14)8-4-3-7(5-12)15-8/h3-4H,6H2,1-2H3,(H,13,14). The van der Waals surface area contributed by atoms with E-state index in [2.05, 4.69) is 5.32 Å². The quantitative estimate of drug-likeness (QED) is 0.824. The van der Waals surface area contributed by atoms with Crippen molar-refractivity contribution in [2.24, 2.45) is 0 Å². The molecule has 0 aliphatic rings. The molecule has 0 spiro atoms. The van der Waals surface area contributed by atoms with E-state index in [-0.39, 0.29) is 11.5 Å². The number of nitriles is 1. The molecule has 4 nitrogen and oxygen atoms in total. The van der Waals surface area contributed by atoms with Crippen LogP contribution in [-0.4, -0.2) is 18.1 Å². The van der Waals surface area contributed by atoms with Crippen LogP contribution in [0.25, 0.3) is 0 Å². The van der Waals surface area contributed by atoms with Crippen molar-refractivity contribution < 1.29 is 13.6 Å². The van der Waals surface area contributed by atoms with E-state index in [4.69, 9.17) is 9.68 Å². The van der Waals surface area contributed by atoms with Gasteiger partial charge in [-0.15, -0.1) is 0 Å². The lowest BCUT2D eigenvalue weighted by molar-refractivity contribution is 0.0870. The van der Waals surface area contributed by atoms with Crippen molar-refractivity contribution >= 4 is 5.91 Å². The summed E-state index contributed by atoms with van der Waals surface area (Å²) in [6.07, 6.45) is 0. The molecule has 1 aromatic rings. The minimum Gasteiger partial charge on any atom is -0.440 e. The largest absolute Gasteiger partial charge is 0.440 e. The second-order valence-corrected chi connectivity index (χ2v) is 3.75. The van der Waals surface area contributed by atoms with Crippen molar-refractivity contribution in [3.05, 3.63) is 23.7 Å². The molecule has 0 saturated heterocycles. The first-order valence-corrected chi connectivity index (χ1v) is 4.37. The van der Waals surface area contributed by atoms with Crippen molar-refractivity contribution in [2.45, 2.75) is 19.4 Å². The molecule has 1 aromatic heterocycles. The maximum absolute atomic E-state index is 12.4. The summed E-state index contributed by atoms with van der Waals surface area (Å²) in [7, 11) is 0. The number of amides is 1.